The van der Waals surface area contributed by atoms with E-state index in [1.807, 2.05) is 0 Å². The summed E-state index contributed by atoms with van der Waals surface area (Å²) in [7, 11) is 0. The van der Waals surface area contributed by atoms with E-state index in [1.165, 1.54) is 0 Å². The molecule has 62 valence electrons. The van der Waals surface area contributed by atoms with Crippen molar-refractivity contribution < 1.29 is 14.6 Å². The van der Waals surface area contributed by atoms with E-state index in [4.69, 9.17) is 9.47 Å². The second-order valence-corrected chi connectivity index (χ2v) is 2.90. The molecule has 0 aromatic heterocycles. The summed E-state index contributed by atoms with van der Waals surface area (Å²) in [4.78, 5) is 0. The third kappa shape index (κ3) is 1.26. The second kappa shape index (κ2) is 2.83. The Kier molecular flexibility index (Phi) is 1.84. The molecular formula is C8H12O3. The lowest BCUT2D eigenvalue weighted by Crippen LogP contribution is -2.27. The molecule has 2 aliphatic heterocycles. The molecule has 2 heterocycles. The molecule has 3 heteroatoms. The van der Waals surface area contributed by atoms with Crippen LogP contribution in [0.25, 0.3) is 0 Å². The molecule has 1 unspecified atom stereocenters. The molecule has 0 bridgehead atoms. The van der Waals surface area contributed by atoms with Gasteiger partial charge in [-0.2, -0.15) is 0 Å². The Hall–Kier alpha value is -0.540. The fourth-order valence-corrected chi connectivity index (χ4v) is 1.53. The average Bonchev–Trinajstić information content (AvgIpc) is 2.06. The predicted octanol–water partition coefficient (Wildman–Crippen LogP) is 0.442. The van der Waals surface area contributed by atoms with Gasteiger partial charge in [0.05, 0.1) is 19.3 Å². The van der Waals surface area contributed by atoms with Crippen molar-refractivity contribution in [1.82, 2.24) is 0 Å². The van der Waals surface area contributed by atoms with Gasteiger partial charge in [-0.25, -0.2) is 0 Å². The van der Waals surface area contributed by atoms with Crippen LogP contribution in [0.4, 0.5) is 0 Å². The summed E-state index contributed by atoms with van der Waals surface area (Å²) in [5, 5.41) is 9.51. The van der Waals surface area contributed by atoms with E-state index in [1.54, 1.807) is 0 Å². The third-order valence-corrected chi connectivity index (χ3v) is 2.18. The maximum atomic E-state index is 9.51. The van der Waals surface area contributed by atoms with Gasteiger partial charge in [-0.15, -0.1) is 0 Å². The van der Waals surface area contributed by atoms with Crippen LogP contribution in [0.15, 0.2) is 11.3 Å². The van der Waals surface area contributed by atoms with Gasteiger partial charge in [0.2, 0.25) is 0 Å². The fraction of sp³-hybridized carbons (Fsp3) is 0.750. The number of aliphatic hydroxyl groups excluding tert-OH is 1. The summed E-state index contributed by atoms with van der Waals surface area (Å²) in [5.74, 6) is 0.870. The number of rotatable bonds is 0. The van der Waals surface area contributed by atoms with E-state index >= 15 is 0 Å². The maximum Gasteiger partial charge on any atom is 0.123 e. The van der Waals surface area contributed by atoms with Gasteiger partial charge >= 0.3 is 0 Å². The molecule has 2 rings (SSSR count). The molecule has 0 radical (unpaired) electrons. The van der Waals surface area contributed by atoms with Gasteiger partial charge in [-0.1, -0.05) is 0 Å². The van der Waals surface area contributed by atoms with Crippen LogP contribution in [-0.4, -0.2) is 31.0 Å². The van der Waals surface area contributed by atoms with Crippen LogP contribution in [0.3, 0.4) is 0 Å². The van der Waals surface area contributed by atoms with Crippen molar-refractivity contribution in [3.8, 4) is 0 Å². The summed E-state index contributed by atoms with van der Waals surface area (Å²) in [6.07, 6.45) is 1.29. The lowest BCUT2D eigenvalue weighted by atomic mass is 9.99. The molecule has 3 nitrogen and oxygen atoms in total. The minimum Gasteiger partial charge on any atom is -0.495 e. The van der Waals surface area contributed by atoms with Crippen molar-refractivity contribution in [2.75, 3.05) is 19.8 Å². The van der Waals surface area contributed by atoms with Crippen LogP contribution in [0.5, 0.6) is 0 Å². The first-order chi connectivity index (χ1) is 5.38. The van der Waals surface area contributed by atoms with Crippen molar-refractivity contribution in [1.29, 1.82) is 0 Å². The van der Waals surface area contributed by atoms with Gasteiger partial charge < -0.3 is 14.6 Å². The molecule has 0 saturated heterocycles. The third-order valence-electron chi connectivity index (χ3n) is 2.18. The van der Waals surface area contributed by atoms with Crippen LogP contribution in [-0.2, 0) is 9.47 Å². The van der Waals surface area contributed by atoms with Crippen molar-refractivity contribution in [2.24, 2.45) is 0 Å². The monoisotopic (exact) mass is 156 g/mol. The van der Waals surface area contributed by atoms with E-state index in [9.17, 15) is 5.11 Å². The van der Waals surface area contributed by atoms with Crippen LogP contribution >= 0.6 is 0 Å². The molecule has 0 saturated carbocycles. The normalized spacial score (nSPS) is 31.2. The molecule has 0 spiro atoms. The van der Waals surface area contributed by atoms with Crippen LogP contribution in [0.1, 0.15) is 12.8 Å². The largest absolute Gasteiger partial charge is 0.495 e. The highest BCUT2D eigenvalue weighted by atomic mass is 16.5. The van der Waals surface area contributed by atoms with Gasteiger partial charge in [-0.05, 0) is 6.42 Å². The number of ether oxygens (including phenoxy) is 2. The minimum absolute atomic E-state index is 0.275. The molecule has 0 amide bonds. The van der Waals surface area contributed by atoms with Gasteiger partial charge in [0.25, 0.3) is 0 Å². The topological polar surface area (TPSA) is 38.7 Å². The molecule has 0 aromatic carbocycles. The first-order valence-electron chi connectivity index (χ1n) is 3.98. The summed E-state index contributed by atoms with van der Waals surface area (Å²) in [6, 6.07) is 0. The number of aliphatic hydroxyl groups is 1. The molecular weight excluding hydrogens is 144 g/mol. The predicted molar refractivity (Wildman–Crippen MR) is 39.0 cm³/mol. The van der Waals surface area contributed by atoms with Gasteiger partial charge in [0.1, 0.15) is 12.4 Å². The number of hydrogen-bond donors (Lipinski definition) is 1. The van der Waals surface area contributed by atoms with Crippen molar-refractivity contribution in [3.63, 3.8) is 0 Å². The van der Waals surface area contributed by atoms with E-state index < -0.39 is 0 Å². The fourth-order valence-electron chi connectivity index (χ4n) is 1.53. The van der Waals surface area contributed by atoms with Crippen LogP contribution < -0.4 is 0 Å². The van der Waals surface area contributed by atoms with Crippen molar-refractivity contribution in [2.45, 2.75) is 18.9 Å². The van der Waals surface area contributed by atoms with E-state index in [0.717, 1.165) is 30.8 Å². The summed E-state index contributed by atoms with van der Waals surface area (Å²) in [6.45, 7) is 1.90. The maximum absolute atomic E-state index is 9.51. The number of hydrogen-bond acceptors (Lipinski definition) is 3. The smallest absolute Gasteiger partial charge is 0.123 e. The van der Waals surface area contributed by atoms with Gasteiger partial charge in [-0.3, -0.25) is 0 Å². The first kappa shape index (κ1) is 7.13. The Morgan fingerprint density at radius 1 is 1.36 bits per heavy atom. The standard InChI is InChI=1S/C8H12O3/c9-7-2-4-11-8-5-10-3-1-6(7)8/h7,9H,1-5H2. The lowest BCUT2D eigenvalue weighted by molar-refractivity contribution is 0.0320. The zero-order chi connectivity index (χ0) is 7.68. The highest BCUT2D eigenvalue weighted by Crippen LogP contribution is 2.25. The SMILES string of the molecule is OC1CCOC2=C1CCOC2. The van der Waals surface area contributed by atoms with Crippen molar-refractivity contribution >= 4 is 0 Å². The second-order valence-electron chi connectivity index (χ2n) is 2.90. The summed E-state index contributed by atoms with van der Waals surface area (Å²) >= 11 is 0. The Bertz CT molecular complexity index is 182. The Morgan fingerprint density at radius 3 is 3.09 bits per heavy atom. The van der Waals surface area contributed by atoms with Crippen LogP contribution in [0, 0.1) is 0 Å². The molecule has 0 aliphatic carbocycles. The highest BCUT2D eigenvalue weighted by Gasteiger charge is 2.24. The van der Waals surface area contributed by atoms with E-state index in [-0.39, 0.29) is 6.10 Å². The molecule has 1 atom stereocenters. The summed E-state index contributed by atoms with van der Waals surface area (Å²) < 4.78 is 10.5. The Labute approximate surface area is 65.6 Å². The molecule has 11 heavy (non-hydrogen) atoms. The zero-order valence-corrected chi connectivity index (χ0v) is 6.38. The van der Waals surface area contributed by atoms with Crippen molar-refractivity contribution in [3.05, 3.63) is 11.3 Å². The van der Waals surface area contributed by atoms with Crippen LogP contribution in [0.2, 0.25) is 0 Å². The lowest BCUT2D eigenvalue weighted by Gasteiger charge is -2.28. The van der Waals surface area contributed by atoms with E-state index in [2.05, 4.69) is 0 Å². The Morgan fingerprint density at radius 2 is 2.27 bits per heavy atom. The first-order valence-corrected chi connectivity index (χ1v) is 3.98. The average molecular weight is 156 g/mol. The quantitative estimate of drug-likeness (QED) is 0.553. The Balaban J connectivity index is 2.21. The van der Waals surface area contributed by atoms with E-state index in [0.29, 0.717) is 13.2 Å². The highest BCUT2D eigenvalue weighted by molar-refractivity contribution is 5.18. The zero-order valence-electron chi connectivity index (χ0n) is 6.38. The summed E-state index contributed by atoms with van der Waals surface area (Å²) in [5.41, 5.74) is 1.06. The minimum atomic E-state index is -0.275. The molecule has 0 aromatic rings. The molecule has 0 fully saturated rings. The van der Waals surface area contributed by atoms with Gasteiger partial charge in [0, 0.05) is 12.0 Å². The van der Waals surface area contributed by atoms with Gasteiger partial charge in [0.15, 0.2) is 0 Å². The molecule has 1 N–H and O–H groups in total. The molecule has 2 aliphatic rings.